The van der Waals surface area contributed by atoms with Gasteiger partial charge in [0.25, 0.3) is 0 Å². The Morgan fingerprint density at radius 2 is 0.762 bits per heavy atom. The molecule has 7 rings (SSSR count). The van der Waals surface area contributed by atoms with Gasteiger partial charge in [-0.2, -0.15) is 0 Å². The summed E-state index contributed by atoms with van der Waals surface area (Å²) in [6.07, 6.45) is 3.60. The predicted octanol–water partition coefficient (Wildman–Crippen LogP) is 8.61. The number of hydrogen-bond donors (Lipinski definition) is 0. The van der Waals surface area contributed by atoms with E-state index in [2.05, 4.69) is 94.4 Å². The first-order valence-corrected chi connectivity index (χ1v) is 13.9. The van der Waals surface area contributed by atoms with E-state index in [1.165, 1.54) is 0 Å². The van der Waals surface area contributed by atoms with E-state index in [1.807, 2.05) is 60.7 Å². The molecule has 42 heavy (non-hydrogen) atoms. The van der Waals surface area contributed by atoms with Crippen molar-refractivity contribution in [3.63, 3.8) is 0 Å². The van der Waals surface area contributed by atoms with Gasteiger partial charge in [-0.25, -0.2) is 9.97 Å². The molecular weight excluding hydrogens is 514 g/mol. The van der Waals surface area contributed by atoms with Crippen molar-refractivity contribution in [2.75, 3.05) is 0 Å². The van der Waals surface area contributed by atoms with Gasteiger partial charge in [0.2, 0.25) is 0 Å². The van der Waals surface area contributed by atoms with Gasteiger partial charge < -0.3 is 4.57 Å². The summed E-state index contributed by atoms with van der Waals surface area (Å²) in [6, 6.07) is 45.1. The van der Waals surface area contributed by atoms with Crippen LogP contribution in [0.4, 0.5) is 0 Å². The van der Waals surface area contributed by atoms with Crippen LogP contribution in [0, 0.1) is 0 Å². The summed E-state index contributed by atoms with van der Waals surface area (Å²) in [4.78, 5) is 19.4. The highest BCUT2D eigenvalue weighted by atomic mass is 15.0. The van der Waals surface area contributed by atoms with Crippen LogP contribution in [0.5, 0.6) is 0 Å². The van der Waals surface area contributed by atoms with E-state index in [0.717, 1.165) is 67.8 Å². The van der Waals surface area contributed by atoms with Crippen molar-refractivity contribution in [1.82, 2.24) is 24.5 Å². The van der Waals surface area contributed by atoms with Gasteiger partial charge >= 0.3 is 0 Å². The minimum atomic E-state index is 0.825. The van der Waals surface area contributed by atoms with E-state index in [-0.39, 0.29) is 0 Å². The molecule has 0 saturated heterocycles. The maximum Gasteiger partial charge on any atom is 0.0894 e. The van der Waals surface area contributed by atoms with Crippen LogP contribution >= 0.6 is 0 Å². The zero-order valence-electron chi connectivity index (χ0n) is 23.1. The van der Waals surface area contributed by atoms with Crippen molar-refractivity contribution >= 4 is 0 Å². The van der Waals surface area contributed by atoms with E-state index in [1.54, 1.807) is 12.4 Å². The van der Waals surface area contributed by atoms with Crippen molar-refractivity contribution in [3.8, 4) is 67.8 Å². The number of aromatic nitrogens is 5. The first-order valence-electron chi connectivity index (χ1n) is 13.9. The monoisotopic (exact) mass is 541 g/mol. The first kappa shape index (κ1) is 25.3. The molecule has 0 aliphatic carbocycles. The van der Waals surface area contributed by atoms with Crippen LogP contribution in [0.3, 0.4) is 0 Å². The molecule has 0 amide bonds. The molecule has 0 saturated carbocycles. The quantitative estimate of drug-likeness (QED) is 0.211. The third-order valence-electron chi connectivity index (χ3n) is 7.36. The molecule has 5 nitrogen and oxygen atoms in total. The molecule has 0 aliphatic heterocycles. The average Bonchev–Trinajstić information content (AvgIpc) is 3.39. The second-order valence-corrected chi connectivity index (χ2v) is 9.98. The second-order valence-electron chi connectivity index (χ2n) is 9.98. The van der Waals surface area contributed by atoms with Gasteiger partial charge in [0.05, 0.1) is 45.6 Å². The van der Waals surface area contributed by atoms with Crippen molar-refractivity contribution in [1.29, 1.82) is 0 Å². The smallest absolute Gasteiger partial charge is 0.0894 e. The van der Waals surface area contributed by atoms with Crippen LogP contribution < -0.4 is 0 Å². The van der Waals surface area contributed by atoms with Crippen LogP contribution in [0.1, 0.15) is 0 Å². The van der Waals surface area contributed by atoms with Crippen LogP contribution in [-0.4, -0.2) is 24.5 Å². The summed E-state index contributed by atoms with van der Waals surface area (Å²) in [5, 5.41) is 0. The molecule has 0 spiro atoms. The molecule has 7 aromatic rings. The van der Waals surface area contributed by atoms with Gasteiger partial charge in [-0.05, 0) is 59.7 Å². The van der Waals surface area contributed by atoms with E-state index >= 15 is 0 Å². The molecule has 0 unspecified atom stereocenters. The average molecular weight is 542 g/mol. The Kier molecular flexibility index (Phi) is 6.66. The van der Waals surface area contributed by atoms with Gasteiger partial charge in [0, 0.05) is 30.6 Å². The fourth-order valence-electron chi connectivity index (χ4n) is 5.50. The highest BCUT2D eigenvalue weighted by Crippen LogP contribution is 2.47. The van der Waals surface area contributed by atoms with Crippen LogP contribution in [0.15, 0.2) is 146 Å². The normalized spacial score (nSPS) is 11.0. The zero-order valence-corrected chi connectivity index (χ0v) is 23.1. The SMILES string of the molecule is Cn1c(-c2cccc(-c3ccccn3)n2)c(-c2ccccc2)c(-c2ccccc2)c1-c1cccc(-c2ccccn2)n1. The Morgan fingerprint density at radius 3 is 1.17 bits per heavy atom. The molecule has 0 atom stereocenters. The molecule has 200 valence electrons. The summed E-state index contributed by atoms with van der Waals surface area (Å²) in [6.45, 7) is 0. The van der Waals surface area contributed by atoms with Gasteiger partial charge in [-0.3, -0.25) is 9.97 Å². The molecule has 0 fully saturated rings. The summed E-state index contributed by atoms with van der Waals surface area (Å²) in [5.74, 6) is 0. The lowest BCUT2D eigenvalue weighted by Crippen LogP contribution is -2.00. The van der Waals surface area contributed by atoms with Gasteiger partial charge in [0.1, 0.15) is 0 Å². The number of rotatable bonds is 6. The largest absolute Gasteiger partial charge is 0.340 e. The predicted molar refractivity (Wildman–Crippen MR) is 169 cm³/mol. The fourth-order valence-corrected chi connectivity index (χ4v) is 5.50. The van der Waals surface area contributed by atoms with Crippen molar-refractivity contribution in [2.45, 2.75) is 0 Å². The lowest BCUT2D eigenvalue weighted by atomic mass is 9.93. The van der Waals surface area contributed by atoms with Gasteiger partial charge in [-0.15, -0.1) is 0 Å². The van der Waals surface area contributed by atoms with Crippen LogP contribution in [0.25, 0.3) is 67.8 Å². The molecular formula is C37H27N5. The van der Waals surface area contributed by atoms with Gasteiger partial charge in [0.15, 0.2) is 0 Å². The third-order valence-corrected chi connectivity index (χ3v) is 7.36. The number of pyridine rings is 4. The molecule has 2 aromatic carbocycles. The summed E-state index contributed by atoms with van der Waals surface area (Å²) >= 11 is 0. The Hall–Kier alpha value is -5.68. The Bertz CT molecular complexity index is 1820. The molecule has 0 aliphatic rings. The van der Waals surface area contributed by atoms with Crippen molar-refractivity contribution < 1.29 is 0 Å². The number of benzene rings is 2. The summed E-state index contributed by atoms with van der Waals surface area (Å²) in [5.41, 5.74) is 11.5. The zero-order chi connectivity index (χ0) is 28.3. The topological polar surface area (TPSA) is 56.5 Å². The minimum Gasteiger partial charge on any atom is -0.340 e. The van der Waals surface area contributed by atoms with Crippen molar-refractivity contribution in [2.24, 2.45) is 7.05 Å². The molecule has 0 bridgehead atoms. The molecule has 5 heteroatoms. The Balaban J connectivity index is 1.55. The second kappa shape index (κ2) is 11.1. The van der Waals surface area contributed by atoms with E-state index in [4.69, 9.17) is 9.97 Å². The van der Waals surface area contributed by atoms with Crippen LogP contribution in [0.2, 0.25) is 0 Å². The van der Waals surface area contributed by atoms with Crippen LogP contribution in [-0.2, 0) is 7.05 Å². The maximum atomic E-state index is 5.15. The molecule has 0 radical (unpaired) electrons. The summed E-state index contributed by atoms with van der Waals surface area (Å²) in [7, 11) is 2.10. The van der Waals surface area contributed by atoms with Gasteiger partial charge in [-0.1, -0.05) is 84.9 Å². The fraction of sp³-hybridized carbons (Fsp3) is 0.0270. The van der Waals surface area contributed by atoms with E-state index in [0.29, 0.717) is 0 Å². The first-order chi connectivity index (χ1) is 20.8. The maximum absolute atomic E-state index is 5.15. The third kappa shape index (κ3) is 4.67. The van der Waals surface area contributed by atoms with E-state index in [9.17, 15) is 0 Å². The molecule has 5 heterocycles. The Labute approximate surface area is 244 Å². The number of hydrogen-bond acceptors (Lipinski definition) is 4. The van der Waals surface area contributed by atoms with E-state index < -0.39 is 0 Å². The molecule has 0 N–H and O–H groups in total. The highest BCUT2D eigenvalue weighted by Gasteiger charge is 2.27. The number of nitrogens with zero attached hydrogens (tertiary/aromatic N) is 5. The highest BCUT2D eigenvalue weighted by molar-refractivity contribution is 6.01. The lowest BCUT2D eigenvalue weighted by molar-refractivity contribution is 0.935. The summed E-state index contributed by atoms with van der Waals surface area (Å²) < 4.78 is 2.24. The standard InChI is InChI=1S/C37H27N5/c1-42-36(32-22-12-20-30(40-32)28-18-8-10-24-38-28)34(26-14-4-2-5-15-26)35(27-16-6-3-7-17-27)37(42)33-23-13-21-31(41-33)29-19-9-11-25-39-29/h2-25H,1H3. The van der Waals surface area contributed by atoms with Crippen molar-refractivity contribution in [3.05, 3.63) is 146 Å². The molecule has 5 aromatic heterocycles. The Morgan fingerprint density at radius 1 is 0.381 bits per heavy atom. The minimum absolute atomic E-state index is 0.825. The lowest BCUT2D eigenvalue weighted by Gasteiger charge is -2.11.